The van der Waals surface area contributed by atoms with Crippen LogP contribution in [0.2, 0.25) is 0 Å². The van der Waals surface area contributed by atoms with Crippen molar-refractivity contribution in [3.8, 4) is 0 Å². The second-order valence-corrected chi connectivity index (χ2v) is 10.3. The van der Waals surface area contributed by atoms with Gasteiger partial charge >= 0.3 is 6.09 Å². The van der Waals surface area contributed by atoms with Crippen LogP contribution in [0.25, 0.3) is 0 Å². The summed E-state index contributed by atoms with van der Waals surface area (Å²) in [5, 5.41) is 11.8. The average molecular weight is 495 g/mol. The van der Waals surface area contributed by atoms with Gasteiger partial charge in [0.05, 0.1) is 6.61 Å². The van der Waals surface area contributed by atoms with Gasteiger partial charge in [0.2, 0.25) is 5.91 Å². The fourth-order valence-electron chi connectivity index (χ4n) is 4.15. The highest BCUT2D eigenvalue weighted by atomic mass is 16.6. The molecule has 35 heavy (non-hydrogen) atoms. The Morgan fingerprint density at radius 1 is 0.914 bits per heavy atom. The maximum absolute atomic E-state index is 11.9. The number of aliphatic hydroxyl groups excluding tert-OH is 1. The van der Waals surface area contributed by atoms with Crippen LogP contribution < -0.4 is 11.1 Å². The van der Waals surface area contributed by atoms with E-state index in [2.05, 4.69) is 32.2 Å². The van der Waals surface area contributed by atoms with Crippen LogP contribution in [-0.2, 0) is 9.53 Å². The Kier molecular flexibility index (Phi) is 20.3. The molecule has 0 saturated carbocycles. The van der Waals surface area contributed by atoms with Crippen molar-refractivity contribution < 1.29 is 19.4 Å². The van der Waals surface area contributed by atoms with Gasteiger partial charge in [0.15, 0.2) is 0 Å². The lowest BCUT2D eigenvalue weighted by Crippen LogP contribution is -2.35. The first-order chi connectivity index (χ1) is 16.7. The smallest absolute Gasteiger partial charge is 0.404 e. The lowest BCUT2D eigenvalue weighted by Gasteiger charge is -2.23. The van der Waals surface area contributed by atoms with Crippen LogP contribution in [0.4, 0.5) is 4.79 Å². The fourth-order valence-corrected chi connectivity index (χ4v) is 4.15. The molecule has 0 unspecified atom stereocenters. The van der Waals surface area contributed by atoms with Crippen molar-refractivity contribution in [2.45, 2.75) is 130 Å². The molecule has 2 amide bonds. The van der Waals surface area contributed by atoms with Crippen molar-refractivity contribution in [3.63, 3.8) is 0 Å². The molecule has 0 radical (unpaired) electrons. The molecule has 0 heterocycles. The predicted molar refractivity (Wildman–Crippen MR) is 146 cm³/mol. The van der Waals surface area contributed by atoms with Crippen molar-refractivity contribution in [3.05, 3.63) is 23.8 Å². The number of allylic oxidation sites excluding steroid dienone is 3. The molecule has 0 bridgehead atoms. The second kappa shape index (κ2) is 21.5. The maximum atomic E-state index is 11.9. The topological polar surface area (TPSA) is 102 Å². The summed E-state index contributed by atoms with van der Waals surface area (Å²) in [5.74, 6) is 0.702. The summed E-state index contributed by atoms with van der Waals surface area (Å²) >= 11 is 0. The molecule has 204 valence electrons. The number of unbranched alkanes of at least 4 members (excludes halogenated alkanes) is 8. The van der Waals surface area contributed by atoms with E-state index < -0.39 is 6.09 Å². The molecule has 0 rings (SSSR count). The van der Waals surface area contributed by atoms with Gasteiger partial charge < -0.3 is 20.9 Å². The molecular formula is C29H54N2O4. The minimum absolute atomic E-state index is 0.0522. The molecule has 6 nitrogen and oxygen atoms in total. The average Bonchev–Trinajstić information content (AvgIpc) is 2.81. The number of aliphatic hydroxyl groups is 1. The zero-order valence-corrected chi connectivity index (χ0v) is 23.2. The Morgan fingerprint density at radius 3 is 2.09 bits per heavy atom. The van der Waals surface area contributed by atoms with Crippen LogP contribution in [0.3, 0.4) is 0 Å². The molecule has 0 aromatic heterocycles. The molecule has 0 aliphatic heterocycles. The van der Waals surface area contributed by atoms with Gasteiger partial charge in [-0.3, -0.25) is 4.79 Å². The highest BCUT2D eigenvalue weighted by Crippen LogP contribution is 2.22. The Hall–Kier alpha value is -1.82. The first-order valence-electron chi connectivity index (χ1n) is 13.9. The van der Waals surface area contributed by atoms with Crippen LogP contribution in [0, 0.1) is 11.8 Å². The molecule has 0 aliphatic carbocycles. The summed E-state index contributed by atoms with van der Waals surface area (Å²) in [5.41, 5.74) is 5.94. The number of amides is 2. The lowest BCUT2D eigenvalue weighted by atomic mass is 9.93. The third-order valence-corrected chi connectivity index (χ3v) is 6.61. The summed E-state index contributed by atoms with van der Waals surface area (Å²) in [6, 6.07) is -0.234. The van der Waals surface area contributed by atoms with Crippen LogP contribution in [0.1, 0.15) is 118 Å². The van der Waals surface area contributed by atoms with Gasteiger partial charge in [-0.25, -0.2) is 4.79 Å². The van der Waals surface area contributed by atoms with E-state index in [9.17, 15) is 9.59 Å². The van der Waals surface area contributed by atoms with Crippen molar-refractivity contribution in [2.24, 2.45) is 17.6 Å². The van der Waals surface area contributed by atoms with Crippen LogP contribution >= 0.6 is 0 Å². The summed E-state index contributed by atoms with van der Waals surface area (Å²) in [7, 11) is 0. The van der Waals surface area contributed by atoms with Crippen molar-refractivity contribution in [1.82, 2.24) is 5.32 Å². The van der Waals surface area contributed by atoms with E-state index in [0.29, 0.717) is 17.4 Å². The number of nitrogens with two attached hydrogens (primary N) is 1. The number of nitrogens with one attached hydrogen (secondary N) is 1. The third kappa shape index (κ3) is 19.1. The van der Waals surface area contributed by atoms with Crippen LogP contribution in [0.15, 0.2) is 23.8 Å². The second-order valence-electron chi connectivity index (χ2n) is 10.3. The van der Waals surface area contributed by atoms with Crippen molar-refractivity contribution in [2.75, 3.05) is 6.61 Å². The molecule has 4 N–H and O–H groups in total. The summed E-state index contributed by atoms with van der Waals surface area (Å²) in [4.78, 5) is 23.2. The number of carbonyl (C=O) groups is 2. The number of rotatable bonds is 21. The molecule has 0 aromatic rings. The molecule has 6 heteroatoms. The summed E-state index contributed by atoms with van der Waals surface area (Å²) in [6.45, 7) is 10.1. The zero-order valence-electron chi connectivity index (χ0n) is 23.2. The van der Waals surface area contributed by atoms with E-state index in [4.69, 9.17) is 15.6 Å². The standard InChI is InChI=1S/C29H54N2O4/c1-6-7-8-14-19-24(3)27(35-29(30)34)21-15-12-10-9-11-13-17-23(2)18-16-20-25(4)28(33)31-26(5)22-32/h16,18,20,23-24,26-27,32H,6-15,17,19,21-22H2,1-5H3,(H2,30,34)(H,31,33)/b18-16-,25-20+/t23-,24+,26+,27-/m1/s1. The molecular weight excluding hydrogens is 440 g/mol. The maximum Gasteiger partial charge on any atom is 0.404 e. The highest BCUT2D eigenvalue weighted by molar-refractivity contribution is 5.93. The Balaban J connectivity index is 4.02. The van der Waals surface area contributed by atoms with Crippen LogP contribution in [0.5, 0.6) is 0 Å². The van der Waals surface area contributed by atoms with E-state index in [1.54, 1.807) is 13.8 Å². The van der Waals surface area contributed by atoms with Gasteiger partial charge in [-0.15, -0.1) is 0 Å². The first kappa shape index (κ1) is 33.2. The van der Waals surface area contributed by atoms with E-state index in [-0.39, 0.29) is 24.7 Å². The van der Waals surface area contributed by atoms with E-state index in [1.165, 1.54) is 51.4 Å². The molecule has 0 fully saturated rings. The monoisotopic (exact) mass is 494 g/mol. The van der Waals surface area contributed by atoms with E-state index >= 15 is 0 Å². The number of carbonyl (C=O) groups excluding carboxylic acids is 2. The Labute approximate surface area is 215 Å². The lowest BCUT2D eigenvalue weighted by molar-refractivity contribution is -0.118. The largest absolute Gasteiger partial charge is 0.446 e. The van der Waals surface area contributed by atoms with Gasteiger partial charge in [-0.1, -0.05) is 96.8 Å². The van der Waals surface area contributed by atoms with Crippen molar-refractivity contribution >= 4 is 12.0 Å². The van der Waals surface area contributed by atoms with Gasteiger partial charge in [0.1, 0.15) is 6.10 Å². The molecule has 0 aromatic carbocycles. The first-order valence-corrected chi connectivity index (χ1v) is 13.9. The number of primary amides is 1. The minimum Gasteiger partial charge on any atom is -0.446 e. The minimum atomic E-state index is -0.649. The van der Waals surface area contributed by atoms with Gasteiger partial charge in [0, 0.05) is 11.6 Å². The normalized spacial score (nSPS) is 15.5. The van der Waals surface area contributed by atoms with E-state index in [1.807, 2.05) is 12.2 Å². The van der Waals surface area contributed by atoms with Gasteiger partial charge in [-0.05, 0) is 51.4 Å². The third-order valence-electron chi connectivity index (χ3n) is 6.61. The quantitative estimate of drug-likeness (QED) is 0.0926. The predicted octanol–water partition coefficient (Wildman–Crippen LogP) is 6.81. The van der Waals surface area contributed by atoms with E-state index in [0.717, 1.165) is 32.1 Å². The molecule has 4 atom stereocenters. The SMILES string of the molecule is CCCCCC[C@H](C)[C@@H](CCCCCCCC[C@@H](C)/C=C\C=C(/C)C(=O)N[C@@H](C)CO)OC(N)=O. The molecule has 0 spiro atoms. The number of hydrogen-bond acceptors (Lipinski definition) is 4. The van der Waals surface area contributed by atoms with Crippen LogP contribution in [-0.4, -0.2) is 35.9 Å². The molecule has 0 saturated heterocycles. The van der Waals surface area contributed by atoms with Gasteiger partial charge in [0.25, 0.3) is 0 Å². The van der Waals surface area contributed by atoms with Crippen molar-refractivity contribution in [1.29, 1.82) is 0 Å². The summed E-state index contributed by atoms with van der Waals surface area (Å²) < 4.78 is 5.42. The number of hydrogen-bond donors (Lipinski definition) is 3. The van der Waals surface area contributed by atoms with Gasteiger partial charge in [-0.2, -0.15) is 0 Å². The fraction of sp³-hybridized carbons (Fsp3) is 0.793. The Bertz CT molecular complexity index is 618. The Morgan fingerprint density at radius 2 is 1.49 bits per heavy atom. The molecule has 0 aliphatic rings. The summed E-state index contributed by atoms with van der Waals surface area (Å²) in [6.07, 6.45) is 20.4. The zero-order chi connectivity index (χ0) is 26.5. The highest BCUT2D eigenvalue weighted by Gasteiger charge is 2.20. The number of ether oxygens (including phenoxy) is 1.